The Morgan fingerprint density at radius 1 is 1.32 bits per heavy atom. The van der Waals surface area contributed by atoms with Gasteiger partial charge in [0.15, 0.2) is 5.96 Å². The zero-order chi connectivity index (χ0) is 15.9. The molecule has 0 aliphatic heterocycles. The molecule has 0 bridgehead atoms. The summed E-state index contributed by atoms with van der Waals surface area (Å²) in [6, 6.07) is 4.16. The maximum absolute atomic E-state index is 4.32. The third-order valence-corrected chi connectivity index (χ3v) is 3.42. The molecule has 2 heterocycles. The lowest BCUT2D eigenvalue weighted by Gasteiger charge is -2.21. The molecule has 0 amide bonds. The SMILES string of the molecule is CN=C(NCCc1ccc(C)nc1)N(C)Cc1cnn(C)c1. The minimum atomic E-state index is 0.777. The second-order valence-electron chi connectivity index (χ2n) is 5.41. The summed E-state index contributed by atoms with van der Waals surface area (Å²) in [6.07, 6.45) is 6.75. The average Bonchev–Trinajstić information content (AvgIpc) is 2.90. The molecule has 0 atom stereocenters. The zero-order valence-electron chi connectivity index (χ0n) is 13.7. The van der Waals surface area contributed by atoms with Crippen molar-refractivity contribution in [1.82, 2.24) is 25.0 Å². The van der Waals surface area contributed by atoms with Gasteiger partial charge < -0.3 is 10.2 Å². The predicted molar refractivity (Wildman–Crippen MR) is 88.7 cm³/mol. The lowest BCUT2D eigenvalue weighted by atomic mass is 10.2. The van der Waals surface area contributed by atoms with Crippen LogP contribution in [0.4, 0.5) is 0 Å². The van der Waals surface area contributed by atoms with Crippen molar-refractivity contribution in [2.24, 2.45) is 12.0 Å². The summed E-state index contributed by atoms with van der Waals surface area (Å²) >= 11 is 0. The van der Waals surface area contributed by atoms with Gasteiger partial charge in [0.25, 0.3) is 0 Å². The van der Waals surface area contributed by atoms with E-state index in [-0.39, 0.29) is 0 Å². The van der Waals surface area contributed by atoms with Gasteiger partial charge in [0, 0.05) is 57.9 Å². The smallest absolute Gasteiger partial charge is 0.193 e. The first kappa shape index (κ1) is 16.0. The normalized spacial score (nSPS) is 11.5. The number of guanidine groups is 1. The summed E-state index contributed by atoms with van der Waals surface area (Å²) in [7, 11) is 5.75. The Bertz CT molecular complexity index is 614. The van der Waals surface area contributed by atoms with Crippen molar-refractivity contribution in [2.75, 3.05) is 20.6 Å². The predicted octanol–water partition coefficient (Wildman–Crippen LogP) is 1.37. The Hall–Kier alpha value is -2.37. The van der Waals surface area contributed by atoms with Gasteiger partial charge in [-0.3, -0.25) is 14.7 Å². The van der Waals surface area contributed by atoms with Crippen LogP contribution >= 0.6 is 0 Å². The molecule has 2 aromatic rings. The van der Waals surface area contributed by atoms with Crippen molar-refractivity contribution in [3.8, 4) is 0 Å². The number of rotatable bonds is 5. The van der Waals surface area contributed by atoms with Gasteiger partial charge in [-0.25, -0.2) is 0 Å². The maximum atomic E-state index is 4.32. The van der Waals surface area contributed by atoms with Gasteiger partial charge in [0.2, 0.25) is 0 Å². The fraction of sp³-hybridized carbons (Fsp3) is 0.438. The Labute approximate surface area is 131 Å². The van der Waals surface area contributed by atoms with Crippen molar-refractivity contribution in [1.29, 1.82) is 0 Å². The highest BCUT2D eigenvalue weighted by atomic mass is 15.3. The van der Waals surface area contributed by atoms with Gasteiger partial charge in [0.1, 0.15) is 0 Å². The van der Waals surface area contributed by atoms with Crippen LogP contribution in [0.3, 0.4) is 0 Å². The van der Waals surface area contributed by atoms with Crippen LogP contribution < -0.4 is 5.32 Å². The molecule has 0 radical (unpaired) electrons. The first-order valence-electron chi connectivity index (χ1n) is 7.39. The number of aromatic nitrogens is 3. The minimum Gasteiger partial charge on any atom is -0.356 e. The highest BCUT2D eigenvalue weighted by Crippen LogP contribution is 2.02. The van der Waals surface area contributed by atoms with Gasteiger partial charge in [-0.05, 0) is 25.0 Å². The second kappa shape index (κ2) is 7.59. The molecule has 2 rings (SSSR count). The van der Waals surface area contributed by atoms with Crippen LogP contribution in [0.2, 0.25) is 0 Å². The summed E-state index contributed by atoms with van der Waals surface area (Å²) in [5.74, 6) is 0.879. The second-order valence-corrected chi connectivity index (χ2v) is 5.41. The van der Waals surface area contributed by atoms with E-state index in [0.29, 0.717) is 0 Å². The van der Waals surface area contributed by atoms with Crippen LogP contribution in [-0.4, -0.2) is 46.3 Å². The fourth-order valence-corrected chi connectivity index (χ4v) is 2.25. The van der Waals surface area contributed by atoms with E-state index in [1.807, 2.05) is 50.4 Å². The topological polar surface area (TPSA) is 58.3 Å². The number of aryl methyl sites for hydroxylation is 2. The van der Waals surface area contributed by atoms with Crippen molar-refractivity contribution in [2.45, 2.75) is 19.9 Å². The van der Waals surface area contributed by atoms with Crippen molar-refractivity contribution < 1.29 is 0 Å². The maximum Gasteiger partial charge on any atom is 0.193 e. The number of aliphatic imine (C=N–C) groups is 1. The van der Waals surface area contributed by atoms with Crippen LogP contribution in [0.5, 0.6) is 0 Å². The first-order valence-corrected chi connectivity index (χ1v) is 7.39. The Morgan fingerprint density at radius 3 is 2.73 bits per heavy atom. The van der Waals surface area contributed by atoms with E-state index < -0.39 is 0 Å². The van der Waals surface area contributed by atoms with Gasteiger partial charge >= 0.3 is 0 Å². The van der Waals surface area contributed by atoms with E-state index in [0.717, 1.165) is 36.7 Å². The number of nitrogens with zero attached hydrogens (tertiary/aromatic N) is 5. The highest BCUT2D eigenvalue weighted by molar-refractivity contribution is 5.79. The third-order valence-electron chi connectivity index (χ3n) is 3.42. The largest absolute Gasteiger partial charge is 0.356 e. The molecule has 0 spiro atoms. The molecule has 0 aliphatic rings. The molecule has 0 fully saturated rings. The van der Waals surface area contributed by atoms with Crippen LogP contribution in [0.25, 0.3) is 0 Å². The molecule has 118 valence electrons. The molecular formula is C16H24N6. The van der Waals surface area contributed by atoms with Crippen LogP contribution in [0, 0.1) is 6.92 Å². The third kappa shape index (κ3) is 4.58. The summed E-state index contributed by atoms with van der Waals surface area (Å²) in [5.41, 5.74) is 3.43. The Morgan fingerprint density at radius 2 is 2.14 bits per heavy atom. The fourth-order valence-electron chi connectivity index (χ4n) is 2.25. The van der Waals surface area contributed by atoms with Crippen molar-refractivity contribution in [3.63, 3.8) is 0 Å². The zero-order valence-corrected chi connectivity index (χ0v) is 13.7. The summed E-state index contributed by atoms with van der Waals surface area (Å²) in [5, 5.41) is 7.57. The average molecular weight is 300 g/mol. The lowest BCUT2D eigenvalue weighted by molar-refractivity contribution is 0.477. The van der Waals surface area contributed by atoms with Gasteiger partial charge in [-0.1, -0.05) is 6.07 Å². The monoisotopic (exact) mass is 300 g/mol. The first-order chi connectivity index (χ1) is 10.6. The molecule has 1 N–H and O–H groups in total. The van der Waals surface area contributed by atoms with E-state index in [9.17, 15) is 0 Å². The molecule has 6 heteroatoms. The molecule has 0 aliphatic carbocycles. The number of nitrogens with one attached hydrogen (secondary N) is 1. The lowest BCUT2D eigenvalue weighted by Crippen LogP contribution is -2.39. The molecule has 0 aromatic carbocycles. The highest BCUT2D eigenvalue weighted by Gasteiger charge is 2.07. The van der Waals surface area contributed by atoms with Crippen LogP contribution in [0.1, 0.15) is 16.8 Å². The molecule has 0 saturated heterocycles. The Balaban J connectivity index is 1.82. The molecule has 22 heavy (non-hydrogen) atoms. The standard InChI is InChI=1S/C16H24N6/c1-13-5-6-14(9-19-13)7-8-18-16(17-2)21(3)11-15-10-20-22(4)12-15/h5-6,9-10,12H,7-8,11H2,1-4H3,(H,17,18). The summed E-state index contributed by atoms with van der Waals surface area (Å²) < 4.78 is 1.81. The number of hydrogen-bond donors (Lipinski definition) is 1. The molecule has 0 saturated carbocycles. The summed E-state index contributed by atoms with van der Waals surface area (Å²) in [4.78, 5) is 10.7. The van der Waals surface area contributed by atoms with E-state index in [1.165, 1.54) is 5.56 Å². The molecule has 2 aromatic heterocycles. The van der Waals surface area contributed by atoms with E-state index >= 15 is 0 Å². The molecule has 0 unspecified atom stereocenters. The van der Waals surface area contributed by atoms with E-state index in [1.54, 1.807) is 7.05 Å². The van der Waals surface area contributed by atoms with Gasteiger partial charge in [0.05, 0.1) is 6.20 Å². The van der Waals surface area contributed by atoms with E-state index in [2.05, 4.69) is 31.4 Å². The van der Waals surface area contributed by atoms with Crippen LogP contribution in [-0.2, 0) is 20.0 Å². The molecule has 6 nitrogen and oxygen atoms in total. The minimum absolute atomic E-state index is 0.777. The van der Waals surface area contributed by atoms with Gasteiger partial charge in [-0.15, -0.1) is 0 Å². The van der Waals surface area contributed by atoms with Crippen molar-refractivity contribution in [3.05, 3.63) is 47.5 Å². The van der Waals surface area contributed by atoms with Gasteiger partial charge in [-0.2, -0.15) is 5.10 Å². The van der Waals surface area contributed by atoms with Crippen molar-refractivity contribution >= 4 is 5.96 Å². The summed E-state index contributed by atoms with van der Waals surface area (Å²) in [6.45, 7) is 3.60. The van der Waals surface area contributed by atoms with E-state index in [4.69, 9.17) is 0 Å². The van der Waals surface area contributed by atoms with Crippen LogP contribution in [0.15, 0.2) is 35.7 Å². The Kier molecular flexibility index (Phi) is 5.52. The quantitative estimate of drug-likeness (QED) is 0.669. The number of pyridine rings is 1. The number of hydrogen-bond acceptors (Lipinski definition) is 3. The molecular weight excluding hydrogens is 276 g/mol.